The van der Waals surface area contributed by atoms with Gasteiger partial charge in [0.05, 0.1) is 18.0 Å². The minimum Gasteiger partial charge on any atom is -0.497 e. The van der Waals surface area contributed by atoms with Gasteiger partial charge >= 0.3 is 5.69 Å². The SMILES string of the molecule is CCCCn1c(=O)c2ccccc2n(Cc2nc(-c3cccc(OC)c3)no2)c1=O. The van der Waals surface area contributed by atoms with Crippen molar-refractivity contribution in [2.45, 2.75) is 32.9 Å². The molecule has 0 N–H and O–H groups in total. The Kier molecular flexibility index (Phi) is 5.47. The molecule has 0 radical (unpaired) electrons. The summed E-state index contributed by atoms with van der Waals surface area (Å²) in [5.41, 5.74) is 0.632. The summed E-state index contributed by atoms with van der Waals surface area (Å²) in [6.07, 6.45) is 1.63. The normalized spacial score (nSPS) is 11.1. The van der Waals surface area contributed by atoms with Crippen LogP contribution in [0.25, 0.3) is 22.3 Å². The highest BCUT2D eigenvalue weighted by Gasteiger charge is 2.16. The van der Waals surface area contributed by atoms with E-state index in [4.69, 9.17) is 9.26 Å². The van der Waals surface area contributed by atoms with E-state index in [0.29, 0.717) is 29.0 Å². The lowest BCUT2D eigenvalue weighted by Crippen LogP contribution is -2.40. The van der Waals surface area contributed by atoms with E-state index in [1.54, 1.807) is 37.4 Å². The first-order valence-electron chi connectivity index (χ1n) is 9.81. The standard InChI is InChI=1S/C22H22N4O4/c1-3-4-12-25-21(27)17-10-5-6-11-18(17)26(22(25)28)14-19-23-20(24-30-19)15-8-7-9-16(13-15)29-2/h5-11,13H,3-4,12,14H2,1-2H3. The minimum atomic E-state index is -0.381. The van der Waals surface area contributed by atoms with Crippen LogP contribution in [0.2, 0.25) is 0 Å². The molecule has 2 aromatic carbocycles. The number of benzene rings is 2. The molecule has 2 aromatic heterocycles. The van der Waals surface area contributed by atoms with E-state index in [1.165, 1.54) is 9.13 Å². The molecule has 0 fully saturated rings. The van der Waals surface area contributed by atoms with Crippen molar-refractivity contribution in [1.29, 1.82) is 0 Å². The maximum atomic E-state index is 13.1. The van der Waals surface area contributed by atoms with Crippen LogP contribution in [0.4, 0.5) is 0 Å². The Morgan fingerprint density at radius 3 is 2.70 bits per heavy atom. The quantitative estimate of drug-likeness (QED) is 0.468. The summed E-state index contributed by atoms with van der Waals surface area (Å²) in [5.74, 6) is 1.37. The molecule has 0 amide bonds. The van der Waals surface area contributed by atoms with Gasteiger partial charge in [0.15, 0.2) is 0 Å². The second kappa shape index (κ2) is 8.36. The summed E-state index contributed by atoms with van der Waals surface area (Å²) in [6.45, 7) is 2.46. The number of fused-ring (bicyclic) bond motifs is 1. The third-order valence-electron chi connectivity index (χ3n) is 4.96. The first-order valence-corrected chi connectivity index (χ1v) is 9.81. The Labute approximate surface area is 172 Å². The highest BCUT2D eigenvalue weighted by Crippen LogP contribution is 2.21. The van der Waals surface area contributed by atoms with Crippen LogP contribution in [-0.4, -0.2) is 26.4 Å². The lowest BCUT2D eigenvalue weighted by Gasteiger charge is -2.12. The highest BCUT2D eigenvalue weighted by atomic mass is 16.5. The average Bonchev–Trinajstić information content (AvgIpc) is 3.25. The molecule has 0 aliphatic heterocycles. The molecule has 0 spiro atoms. The van der Waals surface area contributed by atoms with Gasteiger partial charge in [-0.1, -0.05) is 42.8 Å². The molecule has 0 saturated carbocycles. The average molecular weight is 406 g/mol. The van der Waals surface area contributed by atoms with Crippen LogP contribution >= 0.6 is 0 Å². The number of methoxy groups -OCH3 is 1. The van der Waals surface area contributed by atoms with Gasteiger partial charge in [-0.05, 0) is 30.7 Å². The van der Waals surface area contributed by atoms with Crippen LogP contribution in [0.3, 0.4) is 0 Å². The molecule has 0 unspecified atom stereocenters. The zero-order valence-electron chi connectivity index (χ0n) is 16.9. The molecule has 0 aliphatic carbocycles. The number of rotatable bonds is 7. The summed E-state index contributed by atoms with van der Waals surface area (Å²) in [4.78, 5) is 30.3. The first-order chi connectivity index (χ1) is 14.6. The van der Waals surface area contributed by atoms with E-state index in [9.17, 15) is 9.59 Å². The Morgan fingerprint density at radius 2 is 1.90 bits per heavy atom. The molecule has 0 bridgehead atoms. The van der Waals surface area contributed by atoms with Crippen molar-refractivity contribution in [2.75, 3.05) is 7.11 Å². The van der Waals surface area contributed by atoms with Crippen molar-refractivity contribution >= 4 is 10.9 Å². The van der Waals surface area contributed by atoms with Crippen LogP contribution in [0.5, 0.6) is 5.75 Å². The number of hydrogen-bond donors (Lipinski definition) is 0. The van der Waals surface area contributed by atoms with E-state index < -0.39 is 0 Å². The maximum absolute atomic E-state index is 13.1. The van der Waals surface area contributed by atoms with Crippen LogP contribution < -0.4 is 16.0 Å². The zero-order valence-corrected chi connectivity index (χ0v) is 16.9. The van der Waals surface area contributed by atoms with Gasteiger partial charge in [0, 0.05) is 12.1 Å². The van der Waals surface area contributed by atoms with Gasteiger partial charge in [0.2, 0.25) is 11.7 Å². The minimum absolute atomic E-state index is 0.0721. The number of ether oxygens (including phenoxy) is 1. The maximum Gasteiger partial charge on any atom is 0.331 e. The zero-order chi connectivity index (χ0) is 21.1. The predicted octanol–water partition coefficient (Wildman–Crippen LogP) is 3.07. The van der Waals surface area contributed by atoms with Gasteiger partial charge in [0.1, 0.15) is 12.3 Å². The van der Waals surface area contributed by atoms with Crippen LogP contribution in [0.15, 0.2) is 62.6 Å². The molecule has 8 nitrogen and oxygen atoms in total. The smallest absolute Gasteiger partial charge is 0.331 e. The van der Waals surface area contributed by atoms with E-state index in [2.05, 4.69) is 10.1 Å². The fourth-order valence-corrected chi connectivity index (χ4v) is 3.37. The number of nitrogens with zero attached hydrogens (tertiary/aromatic N) is 4. The van der Waals surface area contributed by atoms with Gasteiger partial charge in [-0.15, -0.1) is 0 Å². The van der Waals surface area contributed by atoms with Gasteiger partial charge < -0.3 is 9.26 Å². The summed E-state index contributed by atoms with van der Waals surface area (Å²) >= 11 is 0. The second-order valence-electron chi connectivity index (χ2n) is 6.94. The fraction of sp³-hybridized carbons (Fsp3) is 0.273. The molecule has 30 heavy (non-hydrogen) atoms. The number of para-hydroxylation sites is 1. The lowest BCUT2D eigenvalue weighted by atomic mass is 10.2. The Bertz CT molecular complexity index is 1300. The van der Waals surface area contributed by atoms with Gasteiger partial charge in [0.25, 0.3) is 5.56 Å². The van der Waals surface area contributed by atoms with E-state index in [1.807, 2.05) is 25.1 Å². The number of hydrogen-bond acceptors (Lipinski definition) is 6. The highest BCUT2D eigenvalue weighted by molar-refractivity contribution is 5.77. The van der Waals surface area contributed by atoms with Crippen LogP contribution in [0, 0.1) is 0 Å². The van der Waals surface area contributed by atoms with Crippen molar-refractivity contribution in [2.24, 2.45) is 0 Å². The van der Waals surface area contributed by atoms with Crippen molar-refractivity contribution in [3.05, 3.63) is 75.3 Å². The third kappa shape index (κ3) is 3.63. The van der Waals surface area contributed by atoms with Crippen molar-refractivity contribution < 1.29 is 9.26 Å². The molecule has 0 aliphatic rings. The summed E-state index contributed by atoms with van der Waals surface area (Å²) in [7, 11) is 1.59. The van der Waals surface area contributed by atoms with E-state index in [-0.39, 0.29) is 23.7 Å². The van der Waals surface area contributed by atoms with E-state index in [0.717, 1.165) is 18.4 Å². The Balaban J connectivity index is 1.76. The second-order valence-corrected chi connectivity index (χ2v) is 6.94. The summed E-state index contributed by atoms with van der Waals surface area (Å²) in [5, 5.41) is 4.52. The van der Waals surface area contributed by atoms with Gasteiger partial charge in [-0.3, -0.25) is 13.9 Å². The molecule has 0 atom stereocenters. The van der Waals surface area contributed by atoms with E-state index >= 15 is 0 Å². The summed E-state index contributed by atoms with van der Waals surface area (Å²) in [6, 6.07) is 14.4. The largest absolute Gasteiger partial charge is 0.497 e. The molecule has 4 aromatic rings. The fourth-order valence-electron chi connectivity index (χ4n) is 3.37. The molecule has 2 heterocycles. The molecular formula is C22H22N4O4. The monoisotopic (exact) mass is 406 g/mol. The number of aromatic nitrogens is 4. The molecule has 4 rings (SSSR count). The van der Waals surface area contributed by atoms with Gasteiger partial charge in [-0.25, -0.2) is 4.79 Å². The Morgan fingerprint density at radius 1 is 1.07 bits per heavy atom. The molecular weight excluding hydrogens is 384 g/mol. The van der Waals surface area contributed by atoms with Crippen molar-refractivity contribution in [3.8, 4) is 17.1 Å². The molecule has 8 heteroatoms. The predicted molar refractivity (Wildman–Crippen MR) is 113 cm³/mol. The van der Waals surface area contributed by atoms with Crippen molar-refractivity contribution in [3.63, 3.8) is 0 Å². The van der Waals surface area contributed by atoms with Crippen LogP contribution in [0.1, 0.15) is 25.7 Å². The topological polar surface area (TPSA) is 92.2 Å². The van der Waals surface area contributed by atoms with Gasteiger partial charge in [-0.2, -0.15) is 4.98 Å². The first kappa shape index (κ1) is 19.6. The van der Waals surface area contributed by atoms with Crippen molar-refractivity contribution in [1.82, 2.24) is 19.3 Å². The number of unbranched alkanes of at least 4 members (excludes halogenated alkanes) is 1. The Hall–Kier alpha value is -3.68. The third-order valence-corrected chi connectivity index (χ3v) is 4.96. The summed E-state index contributed by atoms with van der Waals surface area (Å²) < 4.78 is 13.4. The van der Waals surface area contributed by atoms with Crippen LogP contribution in [-0.2, 0) is 13.1 Å². The molecule has 0 saturated heterocycles. The lowest BCUT2D eigenvalue weighted by molar-refractivity contribution is 0.369. The molecule has 154 valence electrons.